The molecular formula is C18H17FN2OS3. The molecule has 0 unspecified atom stereocenters. The second kappa shape index (κ2) is 8.60. The van der Waals surface area contributed by atoms with Gasteiger partial charge in [-0.3, -0.25) is 4.79 Å². The predicted molar refractivity (Wildman–Crippen MR) is 105 cm³/mol. The molecule has 0 aliphatic rings. The average molecular weight is 393 g/mol. The first-order valence-electron chi connectivity index (χ1n) is 7.76. The van der Waals surface area contributed by atoms with Crippen LogP contribution in [-0.2, 0) is 5.75 Å². The highest BCUT2D eigenvalue weighted by Crippen LogP contribution is 2.30. The molecular weight excluding hydrogens is 375 g/mol. The van der Waals surface area contributed by atoms with E-state index in [9.17, 15) is 9.18 Å². The minimum atomic E-state index is -0.180. The van der Waals surface area contributed by atoms with Crippen molar-refractivity contribution < 1.29 is 9.18 Å². The lowest BCUT2D eigenvalue weighted by Gasteiger charge is -2.05. The van der Waals surface area contributed by atoms with Crippen molar-refractivity contribution >= 4 is 40.3 Å². The number of thioether (sulfide) groups is 1. The van der Waals surface area contributed by atoms with Crippen LogP contribution >= 0.6 is 34.4 Å². The van der Waals surface area contributed by atoms with Gasteiger partial charge in [0.15, 0.2) is 0 Å². The normalized spacial score (nSPS) is 10.8. The van der Waals surface area contributed by atoms with Gasteiger partial charge in [-0.1, -0.05) is 24.3 Å². The van der Waals surface area contributed by atoms with E-state index in [1.165, 1.54) is 17.4 Å². The van der Waals surface area contributed by atoms with Crippen LogP contribution in [-0.4, -0.2) is 23.2 Å². The van der Waals surface area contributed by atoms with Crippen LogP contribution in [0.3, 0.4) is 0 Å². The van der Waals surface area contributed by atoms with Crippen LogP contribution in [0.1, 0.15) is 20.9 Å². The zero-order chi connectivity index (χ0) is 17.6. The molecule has 2 heterocycles. The number of amides is 1. The number of rotatable bonds is 7. The Balaban J connectivity index is 1.47. The molecule has 0 aliphatic heterocycles. The smallest absolute Gasteiger partial charge is 0.263 e. The Morgan fingerprint density at radius 2 is 2.12 bits per heavy atom. The lowest BCUT2D eigenvalue weighted by atomic mass is 10.2. The number of nitrogens with one attached hydrogen (secondary N) is 1. The number of thiophene rings is 1. The molecule has 1 aromatic carbocycles. The molecule has 3 aromatic rings. The second-order valence-electron chi connectivity index (χ2n) is 5.31. The standard InChI is InChI=1S/C18H17FN2OS3/c1-12-16(25-18(21-12)15-7-4-9-24-15)17(22)20-8-10-23-11-13-5-2-3-6-14(13)19/h2-7,9H,8,10-11H2,1H3,(H,20,22). The molecule has 0 spiro atoms. The number of aryl methyl sites for hydroxylation is 1. The van der Waals surface area contributed by atoms with E-state index in [0.29, 0.717) is 22.7 Å². The molecule has 0 saturated carbocycles. The highest BCUT2D eigenvalue weighted by atomic mass is 32.2. The van der Waals surface area contributed by atoms with E-state index in [1.54, 1.807) is 35.2 Å². The lowest BCUT2D eigenvalue weighted by molar-refractivity contribution is 0.0959. The van der Waals surface area contributed by atoms with Crippen LogP contribution in [0.5, 0.6) is 0 Å². The number of carbonyl (C=O) groups is 1. The van der Waals surface area contributed by atoms with Gasteiger partial charge in [0, 0.05) is 18.1 Å². The summed E-state index contributed by atoms with van der Waals surface area (Å²) in [5, 5.41) is 5.80. The molecule has 0 aliphatic carbocycles. The quantitative estimate of drug-likeness (QED) is 0.577. The third kappa shape index (κ3) is 4.68. The van der Waals surface area contributed by atoms with Gasteiger partial charge in [-0.25, -0.2) is 9.37 Å². The number of benzene rings is 1. The van der Waals surface area contributed by atoms with E-state index in [2.05, 4.69) is 10.3 Å². The average Bonchev–Trinajstić information content (AvgIpc) is 3.25. The highest BCUT2D eigenvalue weighted by Gasteiger charge is 2.16. The highest BCUT2D eigenvalue weighted by molar-refractivity contribution is 7.98. The summed E-state index contributed by atoms with van der Waals surface area (Å²) in [6.07, 6.45) is 0. The molecule has 7 heteroatoms. The van der Waals surface area contributed by atoms with E-state index in [1.807, 2.05) is 30.5 Å². The maximum atomic E-state index is 13.5. The number of halogens is 1. The summed E-state index contributed by atoms with van der Waals surface area (Å²) in [5.74, 6) is 1.06. The summed E-state index contributed by atoms with van der Waals surface area (Å²) < 4.78 is 13.5. The van der Waals surface area contributed by atoms with Crippen molar-refractivity contribution in [1.82, 2.24) is 10.3 Å². The van der Waals surface area contributed by atoms with Crippen molar-refractivity contribution in [2.24, 2.45) is 0 Å². The van der Waals surface area contributed by atoms with Crippen molar-refractivity contribution in [3.8, 4) is 9.88 Å². The fraction of sp³-hybridized carbons (Fsp3) is 0.222. The molecule has 0 saturated heterocycles. The summed E-state index contributed by atoms with van der Waals surface area (Å²) in [7, 11) is 0. The molecule has 1 amide bonds. The van der Waals surface area contributed by atoms with Gasteiger partial charge < -0.3 is 5.32 Å². The van der Waals surface area contributed by atoms with E-state index in [4.69, 9.17) is 0 Å². The fourth-order valence-corrected chi connectivity index (χ4v) is 4.85. The topological polar surface area (TPSA) is 42.0 Å². The van der Waals surface area contributed by atoms with E-state index >= 15 is 0 Å². The summed E-state index contributed by atoms with van der Waals surface area (Å²) in [6, 6.07) is 10.8. The number of aromatic nitrogens is 1. The second-order valence-corrected chi connectivity index (χ2v) is 8.36. The maximum Gasteiger partial charge on any atom is 0.263 e. The van der Waals surface area contributed by atoms with E-state index in [0.717, 1.165) is 21.3 Å². The van der Waals surface area contributed by atoms with Crippen molar-refractivity contribution in [2.75, 3.05) is 12.3 Å². The molecule has 3 rings (SSSR count). The van der Waals surface area contributed by atoms with Crippen LogP contribution in [0.25, 0.3) is 9.88 Å². The minimum absolute atomic E-state index is 0.0932. The van der Waals surface area contributed by atoms with Gasteiger partial charge in [0.2, 0.25) is 0 Å². The molecule has 0 atom stereocenters. The Morgan fingerprint density at radius 1 is 1.28 bits per heavy atom. The summed E-state index contributed by atoms with van der Waals surface area (Å²) in [5.41, 5.74) is 1.45. The van der Waals surface area contributed by atoms with Crippen LogP contribution in [0.2, 0.25) is 0 Å². The number of carbonyl (C=O) groups excluding carboxylic acids is 1. The van der Waals surface area contributed by atoms with Gasteiger partial charge in [0.1, 0.15) is 15.7 Å². The first-order valence-corrected chi connectivity index (χ1v) is 10.6. The van der Waals surface area contributed by atoms with Gasteiger partial charge in [-0.2, -0.15) is 11.8 Å². The van der Waals surface area contributed by atoms with Gasteiger partial charge in [0.25, 0.3) is 5.91 Å². The fourth-order valence-electron chi connectivity index (χ4n) is 2.23. The van der Waals surface area contributed by atoms with E-state index < -0.39 is 0 Å². The third-order valence-corrected chi connectivity index (χ3v) is 6.69. The van der Waals surface area contributed by atoms with Crippen LogP contribution in [0.4, 0.5) is 4.39 Å². The molecule has 2 aromatic heterocycles. The van der Waals surface area contributed by atoms with Gasteiger partial charge >= 0.3 is 0 Å². The van der Waals surface area contributed by atoms with Crippen molar-refractivity contribution in [3.05, 3.63) is 63.7 Å². The van der Waals surface area contributed by atoms with Crippen molar-refractivity contribution in [2.45, 2.75) is 12.7 Å². The van der Waals surface area contributed by atoms with Crippen molar-refractivity contribution in [1.29, 1.82) is 0 Å². The summed E-state index contributed by atoms with van der Waals surface area (Å²) in [4.78, 5) is 18.5. The molecule has 130 valence electrons. The predicted octanol–water partition coefficient (Wildman–Crippen LogP) is 4.98. The third-order valence-electron chi connectivity index (χ3n) is 3.48. The Morgan fingerprint density at radius 3 is 2.88 bits per heavy atom. The minimum Gasteiger partial charge on any atom is -0.350 e. The molecule has 25 heavy (non-hydrogen) atoms. The summed E-state index contributed by atoms with van der Waals surface area (Å²) in [6.45, 7) is 2.40. The molecule has 0 radical (unpaired) electrons. The molecule has 1 N–H and O–H groups in total. The lowest BCUT2D eigenvalue weighted by Crippen LogP contribution is -2.25. The van der Waals surface area contributed by atoms with Gasteiger partial charge in [-0.15, -0.1) is 22.7 Å². The molecule has 3 nitrogen and oxygen atoms in total. The van der Waals surface area contributed by atoms with Crippen LogP contribution in [0.15, 0.2) is 41.8 Å². The van der Waals surface area contributed by atoms with Crippen LogP contribution in [0, 0.1) is 12.7 Å². The zero-order valence-corrected chi connectivity index (χ0v) is 16.1. The van der Waals surface area contributed by atoms with Crippen LogP contribution < -0.4 is 5.32 Å². The number of hydrogen-bond donors (Lipinski definition) is 1. The van der Waals surface area contributed by atoms with Gasteiger partial charge in [-0.05, 0) is 30.0 Å². The number of thiazole rings is 1. The van der Waals surface area contributed by atoms with Gasteiger partial charge in [0.05, 0.1) is 10.6 Å². The number of nitrogens with zero attached hydrogens (tertiary/aromatic N) is 1. The first-order chi connectivity index (χ1) is 12.1. The molecule has 0 bridgehead atoms. The Hall–Kier alpha value is -1.70. The molecule has 0 fully saturated rings. The SMILES string of the molecule is Cc1nc(-c2cccs2)sc1C(=O)NCCSCc1ccccc1F. The Kier molecular flexibility index (Phi) is 6.23. The Bertz CT molecular complexity index is 846. The largest absolute Gasteiger partial charge is 0.350 e. The zero-order valence-electron chi connectivity index (χ0n) is 13.6. The van der Waals surface area contributed by atoms with Crippen molar-refractivity contribution in [3.63, 3.8) is 0 Å². The monoisotopic (exact) mass is 392 g/mol. The maximum absolute atomic E-state index is 13.5. The number of hydrogen-bond acceptors (Lipinski definition) is 5. The Labute approximate surface area is 158 Å². The first kappa shape index (κ1) is 18.1. The summed E-state index contributed by atoms with van der Waals surface area (Å²) >= 11 is 4.63. The van der Waals surface area contributed by atoms with E-state index in [-0.39, 0.29) is 11.7 Å².